The van der Waals surface area contributed by atoms with E-state index in [1.54, 1.807) is 6.92 Å². The summed E-state index contributed by atoms with van der Waals surface area (Å²) in [7, 11) is 0. The van der Waals surface area contributed by atoms with Gasteiger partial charge in [0.1, 0.15) is 12.2 Å². The first-order chi connectivity index (χ1) is 9.78. The molecule has 0 bridgehead atoms. The van der Waals surface area contributed by atoms with Gasteiger partial charge in [-0.1, -0.05) is 37.3 Å². The topological polar surface area (TPSA) is 52.6 Å². The monoisotopic (exact) mass is 292 g/mol. The lowest BCUT2D eigenvalue weighted by molar-refractivity contribution is -0.159. The van der Waals surface area contributed by atoms with Crippen molar-refractivity contribution in [2.75, 3.05) is 0 Å². The summed E-state index contributed by atoms with van der Waals surface area (Å²) in [6.07, 6.45) is 0.649. The van der Waals surface area contributed by atoms with Gasteiger partial charge in [-0.05, 0) is 32.8 Å². The van der Waals surface area contributed by atoms with E-state index in [0.29, 0.717) is 6.42 Å². The van der Waals surface area contributed by atoms with Gasteiger partial charge in [0.05, 0.1) is 5.92 Å². The van der Waals surface area contributed by atoms with Crippen LogP contribution in [0.1, 0.15) is 46.1 Å². The van der Waals surface area contributed by atoms with Crippen LogP contribution >= 0.6 is 0 Å². The molecule has 116 valence electrons. The summed E-state index contributed by atoms with van der Waals surface area (Å²) < 4.78 is 10.4. The third-order valence-electron chi connectivity index (χ3n) is 2.83. The minimum Gasteiger partial charge on any atom is -0.461 e. The average Bonchev–Trinajstić information content (AvgIpc) is 2.41. The second-order valence-corrected chi connectivity index (χ2v) is 6.12. The van der Waals surface area contributed by atoms with Gasteiger partial charge >= 0.3 is 11.9 Å². The highest BCUT2D eigenvalue weighted by molar-refractivity contribution is 5.74. The molecule has 0 aliphatic heterocycles. The fourth-order valence-electron chi connectivity index (χ4n) is 1.66. The van der Waals surface area contributed by atoms with E-state index >= 15 is 0 Å². The van der Waals surface area contributed by atoms with Gasteiger partial charge in [0.25, 0.3) is 0 Å². The summed E-state index contributed by atoms with van der Waals surface area (Å²) in [5.41, 5.74) is 0.449. The largest absolute Gasteiger partial charge is 0.461 e. The second kappa shape index (κ2) is 7.81. The Kier molecular flexibility index (Phi) is 6.40. The molecule has 0 saturated carbocycles. The molecule has 1 aromatic rings. The normalized spacial score (nSPS) is 12.6. The number of ether oxygens (including phenoxy) is 2. The van der Waals surface area contributed by atoms with Crippen LogP contribution in [0.5, 0.6) is 0 Å². The standard InChI is InChI=1S/C17H24O4/c1-13(16(19)21-17(2,3)4)10-11-15(18)20-12-14-8-6-5-7-9-14/h5-9,13H,10-12H2,1-4H3/t13-/m0/s1. The van der Waals surface area contributed by atoms with Crippen LogP contribution in [-0.2, 0) is 25.7 Å². The van der Waals surface area contributed by atoms with E-state index in [1.165, 1.54) is 0 Å². The summed E-state index contributed by atoms with van der Waals surface area (Å²) in [5.74, 6) is -0.888. The van der Waals surface area contributed by atoms with E-state index in [1.807, 2.05) is 51.1 Å². The third-order valence-corrected chi connectivity index (χ3v) is 2.83. The van der Waals surface area contributed by atoms with Gasteiger partial charge in [-0.3, -0.25) is 9.59 Å². The molecule has 21 heavy (non-hydrogen) atoms. The fourth-order valence-corrected chi connectivity index (χ4v) is 1.66. The minimum atomic E-state index is -0.501. The van der Waals surface area contributed by atoms with Crippen LogP contribution in [0.15, 0.2) is 30.3 Å². The minimum absolute atomic E-state index is 0.216. The van der Waals surface area contributed by atoms with Gasteiger partial charge in [-0.25, -0.2) is 0 Å². The highest BCUT2D eigenvalue weighted by atomic mass is 16.6. The summed E-state index contributed by atoms with van der Waals surface area (Å²) in [4.78, 5) is 23.4. The Bertz CT molecular complexity index is 459. The lowest BCUT2D eigenvalue weighted by atomic mass is 10.1. The molecule has 0 unspecified atom stereocenters. The third kappa shape index (κ3) is 7.49. The number of hydrogen-bond acceptors (Lipinski definition) is 4. The maximum atomic E-state index is 11.8. The number of carbonyl (C=O) groups is 2. The molecule has 0 aliphatic rings. The van der Waals surface area contributed by atoms with Crippen LogP contribution in [0.3, 0.4) is 0 Å². The number of hydrogen-bond donors (Lipinski definition) is 0. The van der Waals surface area contributed by atoms with E-state index in [2.05, 4.69) is 0 Å². The van der Waals surface area contributed by atoms with Crippen LogP contribution in [0.4, 0.5) is 0 Å². The van der Waals surface area contributed by atoms with Crippen molar-refractivity contribution in [3.63, 3.8) is 0 Å². The van der Waals surface area contributed by atoms with Gasteiger partial charge in [0, 0.05) is 6.42 Å². The molecule has 4 heteroatoms. The molecule has 1 atom stereocenters. The first-order valence-electron chi connectivity index (χ1n) is 7.20. The molecule has 0 fully saturated rings. The number of carbonyl (C=O) groups excluding carboxylic acids is 2. The molecule has 0 amide bonds. The van der Waals surface area contributed by atoms with Gasteiger partial charge < -0.3 is 9.47 Å². The second-order valence-electron chi connectivity index (χ2n) is 6.12. The zero-order chi connectivity index (χ0) is 15.9. The summed E-state index contributed by atoms with van der Waals surface area (Å²) in [6, 6.07) is 9.50. The van der Waals surface area contributed by atoms with Crippen molar-refractivity contribution >= 4 is 11.9 Å². The average molecular weight is 292 g/mol. The van der Waals surface area contributed by atoms with Crippen molar-refractivity contribution in [3.05, 3.63) is 35.9 Å². The molecule has 0 N–H and O–H groups in total. The Balaban J connectivity index is 2.28. The molecule has 0 heterocycles. The summed E-state index contributed by atoms with van der Waals surface area (Å²) >= 11 is 0. The van der Waals surface area contributed by atoms with Crippen LogP contribution in [0, 0.1) is 5.92 Å². The maximum Gasteiger partial charge on any atom is 0.309 e. The molecular weight excluding hydrogens is 268 g/mol. The van der Waals surface area contributed by atoms with Gasteiger partial charge in [-0.2, -0.15) is 0 Å². The smallest absolute Gasteiger partial charge is 0.309 e. The molecule has 0 aromatic heterocycles. The lowest BCUT2D eigenvalue weighted by Gasteiger charge is -2.22. The van der Waals surface area contributed by atoms with Crippen molar-refractivity contribution in [2.24, 2.45) is 5.92 Å². The van der Waals surface area contributed by atoms with Gasteiger partial charge in [0.2, 0.25) is 0 Å². The first-order valence-corrected chi connectivity index (χ1v) is 7.20. The van der Waals surface area contributed by atoms with Crippen molar-refractivity contribution in [2.45, 2.75) is 52.7 Å². The van der Waals surface area contributed by atoms with E-state index < -0.39 is 5.60 Å². The Morgan fingerprint density at radius 2 is 1.76 bits per heavy atom. The molecular formula is C17H24O4. The first kappa shape index (κ1) is 17.2. The molecule has 1 aromatic carbocycles. The zero-order valence-corrected chi connectivity index (χ0v) is 13.2. The zero-order valence-electron chi connectivity index (χ0n) is 13.2. The van der Waals surface area contributed by atoms with Crippen LogP contribution in [0.25, 0.3) is 0 Å². The molecule has 0 saturated heterocycles. The van der Waals surface area contributed by atoms with Crippen molar-refractivity contribution in [1.82, 2.24) is 0 Å². The van der Waals surface area contributed by atoms with Crippen LogP contribution < -0.4 is 0 Å². The number of benzene rings is 1. The summed E-state index contributed by atoms with van der Waals surface area (Å²) in [5, 5.41) is 0. The van der Waals surface area contributed by atoms with Gasteiger partial charge in [0.15, 0.2) is 0 Å². The van der Waals surface area contributed by atoms with Gasteiger partial charge in [-0.15, -0.1) is 0 Å². The highest BCUT2D eigenvalue weighted by Gasteiger charge is 2.22. The van der Waals surface area contributed by atoms with E-state index in [4.69, 9.17) is 9.47 Å². The summed E-state index contributed by atoms with van der Waals surface area (Å²) in [6.45, 7) is 7.50. The Hall–Kier alpha value is -1.84. The number of rotatable bonds is 6. The number of esters is 2. The Morgan fingerprint density at radius 1 is 1.14 bits per heavy atom. The van der Waals surface area contributed by atoms with Crippen molar-refractivity contribution < 1.29 is 19.1 Å². The maximum absolute atomic E-state index is 11.8. The molecule has 4 nitrogen and oxygen atoms in total. The van der Waals surface area contributed by atoms with E-state index in [0.717, 1.165) is 5.56 Å². The van der Waals surface area contributed by atoms with E-state index in [9.17, 15) is 9.59 Å². The Labute approximate surface area is 126 Å². The van der Waals surface area contributed by atoms with Crippen molar-refractivity contribution in [3.8, 4) is 0 Å². The molecule has 0 spiro atoms. The fraction of sp³-hybridized carbons (Fsp3) is 0.529. The molecule has 0 radical (unpaired) electrons. The van der Waals surface area contributed by atoms with Crippen molar-refractivity contribution in [1.29, 1.82) is 0 Å². The predicted octanol–water partition coefficient (Wildman–Crippen LogP) is 3.49. The highest BCUT2D eigenvalue weighted by Crippen LogP contribution is 2.15. The Morgan fingerprint density at radius 3 is 2.33 bits per heavy atom. The SMILES string of the molecule is C[C@@H](CCC(=O)OCc1ccccc1)C(=O)OC(C)(C)C. The molecule has 1 rings (SSSR count). The predicted molar refractivity (Wildman–Crippen MR) is 80.5 cm³/mol. The van der Waals surface area contributed by atoms with E-state index in [-0.39, 0.29) is 30.9 Å². The molecule has 0 aliphatic carbocycles. The van der Waals surface area contributed by atoms with Crippen LogP contribution in [0.2, 0.25) is 0 Å². The lowest BCUT2D eigenvalue weighted by Crippen LogP contribution is -2.28. The van der Waals surface area contributed by atoms with Crippen LogP contribution in [-0.4, -0.2) is 17.5 Å². The quantitative estimate of drug-likeness (QED) is 0.753.